The zero-order valence-electron chi connectivity index (χ0n) is 12.2. The van der Waals surface area contributed by atoms with E-state index in [0.29, 0.717) is 26.4 Å². The number of benzene rings is 1. The molecule has 0 aliphatic carbocycles. The van der Waals surface area contributed by atoms with E-state index in [-0.39, 0.29) is 5.41 Å². The minimum atomic E-state index is 0.260. The highest BCUT2D eigenvalue weighted by Gasteiger charge is 2.36. The number of rotatable bonds is 10. The van der Waals surface area contributed by atoms with Gasteiger partial charge >= 0.3 is 0 Å². The summed E-state index contributed by atoms with van der Waals surface area (Å²) >= 11 is 0. The Balaban J connectivity index is 1.42. The molecule has 0 spiro atoms. The minimum absolute atomic E-state index is 0.260. The van der Waals surface area contributed by atoms with Crippen molar-refractivity contribution in [3.05, 3.63) is 30.3 Å². The molecule has 0 unspecified atom stereocenters. The molecule has 1 heterocycles. The van der Waals surface area contributed by atoms with Crippen molar-refractivity contribution >= 4 is 0 Å². The predicted octanol–water partition coefficient (Wildman–Crippen LogP) is 2.53. The van der Waals surface area contributed by atoms with Crippen LogP contribution in [0.1, 0.15) is 13.3 Å². The largest absolute Gasteiger partial charge is 0.491 e. The van der Waals surface area contributed by atoms with Crippen LogP contribution in [0.3, 0.4) is 0 Å². The van der Waals surface area contributed by atoms with Gasteiger partial charge in [0.1, 0.15) is 12.4 Å². The first-order chi connectivity index (χ1) is 9.85. The lowest BCUT2D eigenvalue weighted by Gasteiger charge is -2.40. The van der Waals surface area contributed by atoms with E-state index in [2.05, 4.69) is 6.92 Å². The molecule has 1 aromatic carbocycles. The van der Waals surface area contributed by atoms with E-state index < -0.39 is 0 Å². The van der Waals surface area contributed by atoms with E-state index in [1.54, 1.807) is 0 Å². The number of para-hydroxylation sites is 1. The van der Waals surface area contributed by atoms with Crippen LogP contribution in [-0.2, 0) is 14.2 Å². The van der Waals surface area contributed by atoms with Gasteiger partial charge in [-0.15, -0.1) is 0 Å². The van der Waals surface area contributed by atoms with Gasteiger partial charge in [-0.05, 0) is 18.6 Å². The normalized spacial score (nSPS) is 16.6. The smallest absolute Gasteiger partial charge is 0.119 e. The number of hydrogen-bond acceptors (Lipinski definition) is 4. The molecular formula is C16H24O4. The van der Waals surface area contributed by atoms with Gasteiger partial charge < -0.3 is 18.9 Å². The summed E-state index contributed by atoms with van der Waals surface area (Å²) in [4.78, 5) is 0. The Labute approximate surface area is 121 Å². The summed E-state index contributed by atoms with van der Waals surface area (Å²) in [5.74, 6) is 0.877. The zero-order chi connectivity index (χ0) is 14.1. The summed E-state index contributed by atoms with van der Waals surface area (Å²) < 4.78 is 21.9. The second-order valence-electron chi connectivity index (χ2n) is 5.17. The quantitative estimate of drug-likeness (QED) is 0.617. The molecule has 0 saturated carbocycles. The van der Waals surface area contributed by atoms with Crippen molar-refractivity contribution in [2.75, 3.05) is 46.2 Å². The van der Waals surface area contributed by atoms with Crippen molar-refractivity contribution in [3.8, 4) is 5.75 Å². The van der Waals surface area contributed by atoms with Gasteiger partial charge in [0.25, 0.3) is 0 Å². The van der Waals surface area contributed by atoms with Gasteiger partial charge in [0.2, 0.25) is 0 Å². The summed E-state index contributed by atoms with van der Waals surface area (Å²) in [6.07, 6.45) is 1.11. The first-order valence-electron chi connectivity index (χ1n) is 7.26. The molecule has 0 atom stereocenters. The molecule has 1 aliphatic rings. The van der Waals surface area contributed by atoms with E-state index >= 15 is 0 Å². The second-order valence-corrected chi connectivity index (χ2v) is 5.17. The standard InChI is InChI=1S/C16H24O4/c1-2-16(13-19-14-16)12-18-9-8-17-10-11-20-15-6-4-3-5-7-15/h3-7H,2,8-14H2,1H3. The first kappa shape index (κ1) is 15.3. The summed E-state index contributed by atoms with van der Waals surface area (Å²) in [6, 6.07) is 9.76. The first-order valence-corrected chi connectivity index (χ1v) is 7.26. The van der Waals surface area contributed by atoms with Crippen molar-refractivity contribution in [1.29, 1.82) is 0 Å². The van der Waals surface area contributed by atoms with Gasteiger partial charge in [0.15, 0.2) is 0 Å². The van der Waals surface area contributed by atoms with Crippen LogP contribution in [0.2, 0.25) is 0 Å². The maximum Gasteiger partial charge on any atom is 0.119 e. The minimum Gasteiger partial charge on any atom is -0.491 e. The summed E-state index contributed by atoms with van der Waals surface area (Å²) in [5.41, 5.74) is 0.260. The molecule has 1 fully saturated rings. The SMILES string of the molecule is CCC1(COCCOCCOc2ccccc2)COC1. The van der Waals surface area contributed by atoms with Gasteiger partial charge in [-0.1, -0.05) is 25.1 Å². The third-order valence-corrected chi connectivity index (χ3v) is 3.59. The van der Waals surface area contributed by atoms with E-state index in [1.807, 2.05) is 30.3 Å². The molecule has 1 saturated heterocycles. The van der Waals surface area contributed by atoms with Crippen LogP contribution in [0.4, 0.5) is 0 Å². The van der Waals surface area contributed by atoms with Gasteiger partial charge in [-0.2, -0.15) is 0 Å². The molecule has 4 nitrogen and oxygen atoms in total. The Bertz CT molecular complexity index is 356. The van der Waals surface area contributed by atoms with Gasteiger partial charge in [0.05, 0.1) is 39.6 Å². The van der Waals surface area contributed by atoms with Crippen LogP contribution in [0.25, 0.3) is 0 Å². The van der Waals surface area contributed by atoms with E-state index in [4.69, 9.17) is 18.9 Å². The zero-order valence-corrected chi connectivity index (χ0v) is 12.2. The van der Waals surface area contributed by atoms with Crippen LogP contribution in [0.5, 0.6) is 5.75 Å². The Morgan fingerprint density at radius 1 is 1.00 bits per heavy atom. The third-order valence-electron chi connectivity index (χ3n) is 3.59. The van der Waals surface area contributed by atoms with E-state index in [1.165, 1.54) is 0 Å². The van der Waals surface area contributed by atoms with Crippen LogP contribution in [0, 0.1) is 5.41 Å². The fourth-order valence-corrected chi connectivity index (χ4v) is 2.02. The maximum absolute atomic E-state index is 5.65. The Kier molecular flexibility index (Phi) is 6.30. The fraction of sp³-hybridized carbons (Fsp3) is 0.625. The Morgan fingerprint density at radius 3 is 2.35 bits per heavy atom. The Morgan fingerprint density at radius 2 is 1.70 bits per heavy atom. The summed E-state index contributed by atoms with van der Waals surface area (Å²) in [5, 5.41) is 0. The second kappa shape index (κ2) is 8.25. The average Bonchev–Trinajstić information content (AvgIpc) is 2.45. The Hall–Kier alpha value is -1.10. The molecule has 2 rings (SSSR count). The van der Waals surface area contributed by atoms with Crippen LogP contribution in [0.15, 0.2) is 30.3 Å². The van der Waals surface area contributed by atoms with Crippen molar-refractivity contribution in [3.63, 3.8) is 0 Å². The highest BCUT2D eigenvalue weighted by atomic mass is 16.5. The molecule has 20 heavy (non-hydrogen) atoms. The molecular weight excluding hydrogens is 256 g/mol. The molecule has 0 radical (unpaired) electrons. The average molecular weight is 280 g/mol. The number of ether oxygens (including phenoxy) is 4. The number of hydrogen-bond donors (Lipinski definition) is 0. The van der Waals surface area contributed by atoms with E-state index in [9.17, 15) is 0 Å². The highest BCUT2D eigenvalue weighted by Crippen LogP contribution is 2.31. The van der Waals surface area contributed by atoms with Crippen molar-refractivity contribution in [1.82, 2.24) is 0 Å². The van der Waals surface area contributed by atoms with Crippen LogP contribution < -0.4 is 4.74 Å². The summed E-state index contributed by atoms with van der Waals surface area (Å²) in [6.45, 7) is 7.00. The van der Waals surface area contributed by atoms with Gasteiger partial charge in [-0.3, -0.25) is 0 Å². The summed E-state index contributed by atoms with van der Waals surface area (Å²) in [7, 11) is 0. The van der Waals surface area contributed by atoms with Crippen LogP contribution in [-0.4, -0.2) is 46.2 Å². The molecule has 0 bridgehead atoms. The predicted molar refractivity (Wildman–Crippen MR) is 77.1 cm³/mol. The lowest BCUT2D eigenvalue weighted by atomic mass is 9.84. The molecule has 0 amide bonds. The van der Waals surface area contributed by atoms with Crippen molar-refractivity contribution < 1.29 is 18.9 Å². The van der Waals surface area contributed by atoms with Crippen molar-refractivity contribution in [2.24, 2.45) is 5.41 Å². The molecule has 1 aromatic rings. The molecule has 112 valence electrons. The molecule has 4 heteroatoms. The monoisotopic (exact) mass is 280 g/mol. The lowest BCUT2D eigenvalue weighted by Crippen LogP contribution is -2.45. The van der Waals surface area contributed by atoms with Gasteiger partial charge in [-0.25, -0.2) is 0 Å². The molecule has 0 N–H and O–H groups in total. The highest BCUT2D eigenvalue weighted by molar-refractivity contribution is 5.20. The topological polar surface area (TPSA) is 36.9 Å². The van der Waals surface area contributed by atoms with Gasteiger partial charge in [0, 0.05) is 5.41 Å². The molecule has 1 aliphatic heterocycles. The van der Waals surface area contributed by atoms with E-state index in [0.717, 1.165) is 32.0 Å². The van der Waals surface area contributed by atoms with Crippen LogP contribution >= 0.6 is 0 Å². The lowest BCUT2D eigenvalue weighted by molar-refractivity contribution is -0.152. The maximum atomic E-state index is 5.65. The third kappa shape index (κ3) is 4.78. The van der Waals surface area contributed by atoms with Crippen molar-refractivity contribution in [2.45, 2.75) is 13.3 Å². The molecule has 0 aromatic heterocycles. The fourth-order valence-electron chi connectivity index (χ4n) is 2.02.